The van der Waals surface area contributed by atoms with Gasteiger partial charge in [0.15, 0.2) is 0 Å². The third kappa shape index (κ3) is 3.85. The van der Waals surface area contributed by atoms with Gasteiger partial charge >= 0.3 is 5.69 Å². The number of pyridine rings is 1. The summed E-state index contributed by atoms with van der Waals surface area (Å²) in [6.45, 7) is 2.87. The highest BCUT2D eigenvalue weighted by Gasteiger charge is 2.23. The summed E-state index contributed by atoms with van der Waals surface area (Å²) in [7, 11) is 2.01. The van der Waals surface area contributed by atoms with Crippen molar-refractivity contribution in [1.82, 2.24) is 24.3 Å². The van der Waals surface area contributed by atoms with Crippen LogP contribution in [0, 0.1) is 0 Å². The van der Waals surface area contributed by atoms with Crippen LogP contribution >= 0.6 is 0 Å². The lowest BCUT2D eigenvalue weighted by Crippen LogP contribution is -2.43. The first kappa shape index (κ1) is 17.1. The van der Waals surface area contributed by atoms with E-state index in [4.69, 9.17) is 0 Å². The van der Waals surface area contributed by atoms with Crippen molar-refractivity contribution in [3.8, 4) is 0 Å². The summed E-state index contributed by atoms with van der Waals surface area (Å²) in [5.74, 6) is -0.341. The van der Waals surface area contributed by atoms with Crippen LogP contribution in [-0.4, -0.2) is 63.5 Å². The maximum absolute atomic E-state index is 12.8. The summed E-state index contributed by atoms with van der Waals surface area (Å²) >= 11 is 0. The second-order valence-electron chi connectivity index (χ2n) is 6.17. The molecule has 0 radical (unpaired) electrons. The van der Waals surface area contributed by atoms with Crippen LogP contribution in [0.2, 0.25) is 0 Å². The molecule has 1 aliphatic heterocycles. The van der Waals surface area contributed by atoms with E-state index in [0.29, 0.717) is 18.8 Å². The van der Waals surface area contributed by atoms with Crippen LogP contribution < -0.4 is 11.2 Å². The molecular weight excluding hydrogens is 322 g/mol. The average Bonchev–Trinajstić information content (AvgIpc) is 2.84. The SMILES string of the molecule is CN1CCCN(C(=O)c2c[nH]c(=O)n(Cc3ccccn3)c2=O)CC1. The molecule has 25 heavy (non-hydrogen) atoms. The second-order valence-corrected chi connectivity index (χ2v) is 6.17. The molecule has 0 atom stereocenters. The number of likely N-dealkylation sites (N-methyl/N-ethyl adjacent to an activating group) is 1. The molecule has 3 rings (SSSR count). The molecule has 0 saturated carbocycles. The average molecular weight is 343 g/mol. The van der Waals surface area contributed by atoms with E-state index in [1.807, 2.05) is 7.05 Å². The fourth-order valence-electron chi connectivity index (χ4n) is 2.88. The highest BCUT2D eigenvalue weighted by Crippen LogP contribution is 2.05. The Morgan fingerprint density at radius 1 is 1.20 bits per heavy atom. The number of carbonyl (C=O) groups excluding carboxylic acids is 1. The summed E-state index contributed by atoms with van der Waals surface area (Å²) in [6.07, 6.45) is 3.67. The van der Waals surface area contributed by atoms with E-state index in [1.165, 1.54) is 6.20 Å². The lowest BCUT2D eigenvalue weighted by atomic mass is 10.2. The third-order valence-electron chi connectivity index (χ3n) is 4.34. The molecule has 0 aliphatic carbocycles. The monoisotopic (exact) mass is 343 g/mol. The molecule has 1 N–H and O–H groups in total. The quantitative estimate of drug-likeness (QED) is 0.830. The number of hydrogen-bond donors (Lipinski definition) is 1. The van der Waals surface area contributed by atoms with Gasteiger partial charge in [0, 0.05) is 32.0 Å². The Morgan fingerprint density at radius 3 is 2.80 bits per heavy atom. The highest BCUT2D eigenvalue weighted by atomic mass is 16.2. The molecule has 3 heterocycles. The van der Waals surface area contributed by atoms with Gasteiger partial charge in [-0.15, -0.1) is 0 Å². The molecule has 0 aromatic carbocycles. The number of nitrogens with zero attached hydrogens (tertiary/aromatic N) is 4. The molecule has 1 aliphatic rings. The number of aromatic nitrogens is 3. The van der Waals surface area contributed by atoms with E-state index in [1.54, 1.807) is 29.3 Å². The molecule has 1 saturated heterocycles. The van der Waals surface area contributed by atoms with E-state index in [-0.39, 0.29) is 18.0 Å². The number of carbonyl (C=O) groups is 1. The number of aromatic amines is 1. The molecule has 1 amide bonds. The van der Waals surface area contributed by atoms with Crippen molar-refractivity contribution in [2.75, 3.05) is 33.2 Å². The smallest absolute Gasteiger partial charge is 0.328 e. The molecule has 0 unspecified atom stereocenters. The topological polar surface area (TPSA) is 91.3 Å². The largest absolute Gasteiger partial charge is 0.337 e. The van der Waals surface area contributed by atoms with Crippen LogP contribution in [0.25, 0.3) is 0 Å². The Kier molecular flexibility index (Phi) is 5.08. The van der Waals surface area contributed by atoms with E-state index in [0.717, 1.165) is 24.1 Å². The van der Waals surface area contributed by atoms with Gasteiger partial charge in [-0.2, -0.15) is 0 Å². The fourth-order valence-corrected chi connectivity index (χ4v) is 2.88. The summed E-state index contributed by atoms with van der Waals surface area (Å²) in [6, 6.07) is 5.27. The molecule has 132 valence electrons. The summed E-state index contributed by atoms with van der Waals surface area (Å²) < 4.78 is 1.01. The number of rotatable bonds is 3. The van der Waals surface area contributed by atoms with Gasteiger partial charge in [-0.1, -0.05) is 6.07 Å². The highest BCUT2D eigenvalue weighted by molar-refractivity contribution is 5.93. The van der Waals surface area contributed by atoms with Crippen LogP contribution in [0.15, 0.2) is 40.2 Å². The fraction of sp³-hybridized carbons (Fsp3) is 0.412. The predicted molar refractivity (Wildman–Crippen MR) is 92.7 cm³/mol. The molecule has 8 heteroatoms. The van der Waals surface area contributed by atoms with Crippen LogP contribution in [0.3, 0.4) is 0 Å². The van der Waals surface area contributed by atoms with Crippen LogP contribution in [0.5, 0.6) is 0 Å². The van der Waals surface area contributed by atoms with Crippen LogP contribution in [-0.2, 0) is 6.54 Å². The summed E-state index contributed by atoms with van der Waals surface area (Å²) in [5.41, 5.74) is -0.573. The van der Waals surface area contributed by atoms with Crippen molar-refractivity contribution in [3.05, 3.63) is 62.7 Å². The van der Waals surface area contributed by atoms with Crippen molar-refractivity contribution in [2.45, 2.75) is 13.0 Å². The van der Waals surface area contributed by atoms with E-state index in [2.05, 4.69) is 14.9 Å². The molecule has 2 aromatic rings. The zero-order chi connectivity index (χ0) is 17.8. The first-order chi connectivity index (χ1) is 12.1. The van der Waals surface area contributed by atoms with Crippen LogP contribution in [0.1, 0.15) is 22.5 Å². The van der Waals surface area contributed by atoms with Gasteiger partial charge in [-0.05, 0) is 32.1 Å². The molecule has 0 spiro atoms. The van der Waals surface area contributed by atoms with Gasteiger partial charge in [-0.3, -0.25) is 19.1 Å². The Hall–Kier alpha value is -2.74. The summed E-state index contributed by atoms with van der Waals surface area (Å²) in [5, 5.41) is 0. The van der Waals surface area contributed by atoms with Crippen molar-refractivity contribution in [2.24, 2.45) is 0 Å². The van der Waals surface area contributed by atoms with Crippen LogP contribution in [0.4, 0.5) is 0 Å². The number of H-pyrrole nitrogens is 1. The van der Waals surface area contributed by atoms with E-state index >= 15 is 0 Å². The molecular formula is C17H21N5O3. The van der Waals surface area contributed by atoms with Gasteiger partial charge in [0.1, 0.15) is 5.56 Å². The predicted octanol–water partition coefficient (Wildman–Crippen LogP) is -0.242. The number of nitrogens with one attached hydrogen (secondary N) is 1. The summed E-state index contributed by atoms with van der Waals surface area (Å²) in [4.78, 5) is 47.9. The number of amides is 1. The zero-order valence-electron chi connectivity index (χ0n) is 14.1. The van der Waals surface area contributed by atoms with Crippen molar-refractivity contribution in [3.63, 3.8) is 0 Å². The minimum absolute atomic E-state index is 0.0138. The Morgan fingerprint density at radius 2 is 2.04 bits per heavy atom. The first-order valence-electron chi connectivity index (χ1n) is 8.26. The van der Waals surface area contributed by atoms with Gasteiger partial charge in [0.25, 0.3) is 11.5 Å². The van der Waals surface area contributed by atoms with Gasteiger partial charge < -0.3 is 14.8 Å². The minimum atomic E-state index is -0.586. The van der Waals surface area contributed by atoms with E-state index in [9.17, 15) is 14.4 Å². The van der Waals surface area contributed by atoms with Crippen molar-refractivity contribution >= 4 is 5.91 Å². The second kappa shape index (κ2) is 7.43. The third-order valence-corrected chi connectivity index (χ3v) is 4.34. The Balaban J connectivity index is 1.90. The Labute approximate surface area is 144 Å². The maximum atomic E-state index is 12.8. The standard InChI is InChI=1S/C17H21N5O3/c1-20-7-4-8-21(10-9-20)15(23)14-11-19-17(25)22(16(14)24)12-13-5-2-3-6-18-13/h2-3,5-6,11H,4,7-10,12H2,1H3,(H,19,25). The normalized spacial score (nSPS) is 15.8. The van der Waals surface area contributed by atoms with Crippen molar-refractivity contribution in [1.29, 1.82) is 0 Å². The van der Waals surface area contributed by atoms with E-state index < -0.39 is 11.2 Å². The molecule has 1 fully saturated rings. The maximum Gasteiger partial charge on any atom is 0.328 e. The molecule has 8 nitrogen and oxygen atoms in total. The molecule has 0 bridgehead atoms. The van der Waals surface area contributed by atoms with Gasteiger partial charge in [0.2, 0.25) is 0 Å². The first-order valence-corrected chi connectivity index (χ1v) is 8.26. The van der Waals surface area contributed by atoms with Crippen molar-refractivity contribution < 1.29 is 4.79 Å². The van der Waals surface area contributed by atoms with Gasteiger partial charge in [-0.25, -0.2) is 4.79 Å². The lowest BCUT2D eigenvalue weighted by molar-refractivity contribution is 0.0759. The number of hydrogen-bond acceptors (Lipinski definition) is 5. The zero-order valence-corrected chi connectivity index (χ0v) is 14.1. The lowest BCUT2D eigenvalue weighted by Gasteiger charge is -2.20. The Bertz CT molecular complexity index is 859. The van der Waals surface area contributed by atoms with Gasteiger partial charge in [0.05, 0.1) is 12.2 Å². The molecule has 2 aromatic heterocycles. The minimum Gasteiger partial charge on any atom is -0.337 e.